The van der Waals surface area contributed by atoms with E-state index in [-0.39, 0.29) is 5.75 Å². The van der Waals surface area contributed by atoms with Gasteiger partial charge in [0.05, 0.1) is 7.11 Å². The molecule has 2 rings (SSSR count). The Hall–Kier alpha value is -1.88. The SMILES string of the molecule is COc1cc(Nc2nc(C)nc(Cl)c2C)ccc1F. The number of hydrogen-bond acceptors (Lipinski definition) is 4. The second kappa shape index (κ2) is 5.40. The van der Waals surface area contributed by atoms with Crippen molar-refractivity contribution in [2.24, 2.45) is 0 Å². The van der Waals surface area contributed by atoms with Crippen LogP contribution in [0.25, 0.3) is 0 Å². The Labute approximate surface area is 115 Å². The largest absolute Gasteiger partial charge is 0.494 e. The summed E-state index contributed by atoms with van der Waals surface area (Å²) in [5.74, 6) is 0.902. The molecule has 19 heavy (non-hydrogen) atoms. The van der Waals surface area contributed by atoms with E-state index in [9.17, 15) is 4.39 Å². The molecule has 100 valence electrons. The number of rotatable bonds is 3. The number of aromatic nitrogens is 2. The Bertz CT molecular complexity index is 619. The van der Waals surface area contributed by atoms with Gasteiger partial charge < -0.3 is 10.1 Å². The summed E-state index contributed by atoms with van der Waals surface area (Å²) in [5, 5.41) is 3.47. The fourth-order valence-corrected chi connectivity index (χ4v) is 1.80. The maximum Gasteiger partial charge on any atom is 0.165 e. The fourth-order valence-electron chi connectivity index (χ4n) is 1.59. The summed E-state index contributed by atoms with van der Waals surface area (Å²) in [5.41, 5.74) is 1.39. The highest BCUT2D eigenvalue weighted by Crippen LogP contribution is 2.26. The van der Waals surface area contributed by atoms with Gasteiger partial charge in [-0.25, -0.2) is 14.4 Å². The first-order valence-electron chi connectivity index (χ1n) is 5.62. The van der Waals surface area contributed by atoms with Crippen LogP contribution in [0.15, 0.2) is 18.2 Å². The zero-order chi connectivity index (χ0) is 14.0. The smallest absolute Gasteiger partial charge is 0.165 e. The zero-order valence-electron chi connectivity index (χ0n) is 10.8. The second-order valence-corrected chi connectivity index (χ2v) is 4.37. The highest BCUT2D eigenvalue weighted by atomic mass is 35.5. The quantitative estimate of drug-likeness (QED) is 0.873. The molecule has 0 atom stereocenters. The molecule has 1 aromatic heterocycles. The van der Waals surface area contributed by atoms with Gasteiger partial charge in [-0.05, 0) is 26.0 Å². The van der Waals surface area contributed by atoms with Gasteiger partial charge in [-0.2, -0.15) is 0 Å². The Morgan fingerprint density at radius 1 is 1.26 bits per heavy atom. The minimum atomic E-state index is -0.415. The molecule has 0 unspecified atom stereocenters. The molecule has 0 aliphatic rings. The van der Waals surface area contributed by atoms with Gasteiger partial charge in [0.2, 0.25) is 0 Å². The van der Waals surface area contributed by atoms with Crippen molar-refractivity contribution in [2.75, 3.05) is 12.4 Å². The predicted octanol–water partition coefficient (Wildman–Crippen LogP) is 3.64. The Morgan fingerprint density at radius 2 is 2.00 bits per heavy atom. The Morgan fingerprint density at radius 3 is 2.68 bits per heavy atom. The number of methoxy groups -OCH3 is 1. The standard InChI is InChI=1S/C13H13ClFN3O/c1-7-12(14)16-8(2)17-13(7)18-9-4-5-10(15)11(6-9)19-3/h4-6H,1-3H3,(H,16,17,18). The van der Waals surface area contributed by atoms with E-state index in [0.717, 1.165) is 5.56 Å². The summed E-state index contributed by atoms with van der Waals surface area (Å²) >= 11 is 5.99. The molecule has 0 aliphatic carbocycles. The number of anilines is 2. The number of halogens is 2. The lowest BCUT2D eigenvalue weighted by Crippen LogP contribution is -2.01. The van der Waals surface area contributed by atoms with Crippen molar-refractivity contribution >= 4 is 23.1 Å². The minimum absolute atomic E-state index is 0.166. The maximum absolute atomic E-state index is 13.3. The number of nitrogens with zero attached hydrogens (tertiary/aromatic N) is 2. The van der Waals surface area contributed by atoms with E-state index in [0.29, 0.717) is 22.5 Å². The molecule has 0 fully saturated rings. The normalized spacial score (nSPS) is 10.4. The minimum Gasteiger partial charge on any atom is -0.494 e. The third-order valence-electron chi connectivity index (χ3n) is 2.61. The van der Waals surface area contributed by atoms with Gasteiger partial charge >= 0.3 is 0 Å². The lowest BCUT2D eigenvalue weighted by molar-refractivity contribution is 0.387. The first kappa shape index (κ1) is 13.5. The van der Waals surface area contributed by atoms with Crippen LogP contribution in [-0.2, 0) is 0 Å². The van der Waals surface area contributed by atoms with Gasteiger partial charge in [-0.3, -0.25) is 0 Å². The summed E-state index contributed by atoms with van der Waals surface area (Å²) in [6, 6.07) is 4.48. The molecule has 1 heterocycles. The molecule has 0 saturated heterocycles. The molecule has 0 saturated carbocycles. The summed E-state index contributed by atoms with van der Waals surface area (Å²) < 4.78 is 18.2. The van der Waals surface area contributed by atoms with Gasteiger partial charge in [-0.1, -0.05) is 11.6 Å². The van der Waals surface area contributed by atoms with Crippen LogP contribution in [-0.4, -0.2) is 17.1 Å². The number of hydrogen-bond donors (Lipinski definition) is 1. The molecular formula is C13H13ClFN3O. The predicted molar refractivity (Wildman–Crippen MR) is 72.8 cm³/mol. The third kappa shape index (κ3) is 2.93. The van der Waals surface area contributed by atoms with Crippen molar-refractivity contribution in [2.45, 2.75) is 13.8 Å². The first-order chi connectivity index (χ1) is 9.01. The van der Waals surface area contributed by atoms with E-state index in [2.05, 4.69) is 15.3 Å². The average Bonchev–Trinajstić information content (AvgIpc) is 2.37. The van der Waals surface area contributed by atoms with Gasteiger partial charge in [0.15, 0.2) is 11.6 Å². The molecule has 1 N–H and O–H groups in total. The van der Waals surface area contributed by atoms with E-state index in [1.807, 2.05) is 6.92 Å². The van der Waals surface area contributed by atoms with Gasteiger partial charge in [0.1, 0.15) is 16.8 Å². The number of aryl methyl sites for hydroxylation is 1. The lowest BCUT2D eigenvalue weighted by Gasteiger charge is -2.11. The lowest BCUT2D eigenvalue weighted by atomic mass is 10.2. The molecule has 0 spiro atoms. The maximum atomic E-state index is 13.3. The number of ether oxygens (including phenoxy) is 1. The highest BCUT2D eigenvalue weighted by molar-refractivity contribution is 6.30. The molecule has 0 aliphatic heterocycles. The van der Waals surface area contributed by atoms with E-state index in [1.165, 1.54) is 13.2 Å². The molecule has 0 bridgehead atoms. The van der Waals surface area contributed by atoms with Gasteiger partial charge in [0, 0.05) is 17.3 Å². The van der Waals surface area contributed by atoms with Crippen LogP contribution in [0, 0.1) is 19.7 Å². The topological polar surface area (TPSA) is 47.0 Å². The van der Waals surface area contributed by atoms with Crippen LogP contribution in [0.4, 0.5) is 15.9 Å². The molecule has 6 heteroatoms. The summed E-state index contributed by atoms with van der Waals surface area (Å²) in [4.78, 5) is 8.32. The first-order valence-corrected chi connectivity index (χ1v) is 6.00. The zero-order valence-corrected chi connectivity index (χ0v) is 11.5. The second-order valence-electron chi connectivity index (χ2n) is 4.01. The summed E-state index contributed by atoms with van der Waals surface area (Å²) in [6.45, 7) is 3.56. The monoisotopic (exact) mass is 281 g/mol. The van der Waals surface area contributed by atoms with Crippen LogP contribution < -0.4 is 10.1 Å². The van der Waals surface area contributed by atoms with Crippen molar-refractivity contribution in [3.63, 3.8) is 0 Å². The van der Waals surface area contributed by atoms with Crippen LogP contribution in [0.3, 0.4) is 0 Å². The molecule has 2 aromatic rings. The van der Waals surface area contributed by atoms with Crippen molar-refractivity contribution < 1.29 is 9.13 Å². The molecule has 0 radical (unpaired) electrons. The van der Waals surface area contributed by atoms with Crippen molar-refractivity contribution in [1.29, 1.82) is 0 Å². The van der Waals surface area contributed by atoms with Crippen LogP contribution >= 0.6 is 11.6 Å². The Kier molecular flexibility index (Phi) is 3.85. The molecular weight excluding hydrogens is 269 g/mol. The number of benzene rings is 1. The van der Waals surface area contributed by atoms with Crippen LogP contribution in [0.2, 0.25) is 5.15 Å². The Balaban J connectivity index is 2.36. The average molecular weight is 282 g/mol. The fraction of sp³-hybridized carbons (Fsp3) is 0.231. The van der Waals surface area contributed by atoms with E-state index < -0.39 is 5.82 Å². The highest BCUT2D eigenvalue weighted by Gasteiger charge is 2.09. The third-order valence-corrected chi connectivity index (χ3v) is 2.98. The van der Waals surface area contributed by atoms with E-state index in [4.69, 9.17) is 16.3 Å². The molecule has 4 nitrogen and oxygen atoms in total. The number of nitrogens with one attached hydrogen (secondary N) is 1. The van der Waals surface area contributed by atoms with Crippen molar-refractivity contribution in [3.8, 4) is 5.75 Å². The van der Waals surface area contributed by atoms with Crippen LogP contribution in [0.1, 0.15) is 11.4 Å². The van der Waals surface area contributed by atoms with Crippen molar-refractivity contribution in [1.82, 2.24) is 9.97 Å². The van der Waals surface area contributed by atoms with E-state index in [1.54, 1.807) is 19.1 Å². The summed E-state index contributed by atoms with van der Waals surface area (Å²) in [6.07, 6.45) is 0. The van der Waals surface area contributed by atoms with Crippen molar-refractivity contribution in [3.05, 3.63) is 40.6 Å². The molecule has 1 aromatic carbocycles. The van der Waals surface area contributed by atoms with Crippen LogP contribution in [0.5, 0.6) is 5.75 Å². The molecule has 0 amide bonds. The summed E-state index contributed by atoms with van der Waals surface area (Å²) in [7, 11) is 1.42. The van der Waals surface area contributed by atoms with E-state index >= 15 is 0 Å². The van der Waals surface area contributed by atoms with Gasteiger partial charge in [0.25, 0.3) is 0 Å². The van der Waals surface area contributed by atoms with Gasteiger partial charge in [-0.15, -0.1) is 0 Å².